The highest BCUT2D eigenvalue weighted by Crippen LogP contribution is 2.06. The topological polar surface area (TPSA) is 29.1 Å². The molecule has 1 aromatic carbocycles. The van der Waals surface area contributed by atoms with Gasteiger partial charge in [0, 0.05) is 12.6 Å². The van der Waals surface area contributed by atoms with Gasteiger partial charge in [0.1, 0.15) is 0 Å². The van der Waals surface area contributed by atoms with E-state index in [1.165, 1.54) is 44.1 Å². The molecule has 0 saturated carbocycles. The monoisotopic (exact) mass is 287 g/mol. The van der Waals surface area contributed by atoms with Crippen molar-refractivity contribution in [3.05, 3.63) is 41.5 Å². The van der Waals surface area contributed by atoms with E-state index < -0.39 is 0 Å². The van der Waals surface area contributed by atoms with Gasteiger partial charge in [0.15, 0.2) is 0 Å². The first kappa shape index (κ1) is 17.5. The van der Waals surface area contributed by atoms with Crippen LogP contribution in [0.4, 0.5) is 0 Å². The molecular weight excluding hydrogens is 258 g/mol. The van der Waals surface area contributed by atoms with Crippen LogP contribution in [0.1, 0.15) is 63.0 Å². The maximum Gasteiger partial charge on any atom is 0.243 e. The summed E-state index contributed by atoms with van der Waals surface area (Å²) in [5, 5.41) is 2.94. The number of carbonyl (C=O) groups is 1. The lowest BCUT2D eigenvalue weighted by Crippen LogP contribution is -2.21. The summed E-state index contributed by atoms with van der Waals surface area (Å²) in [6.45, 7) is 5.08. The fourth-order valence-corrected chi connectivity index (χ4v) is 2.20. The maximum atomic E-state index is 11.7. The molecule has 1 amide bonds. The van der Waals surface area contributed by atoms with Gasteiger partial charge in [-0.25, -0.2) is 0 Å². The van der Waals surface area contributed by atoms with Crippen LogP contribution >= 0.6 is 0 Å². The number of carbonyl (C=O) groups excluding carboxylic acids is 1. The van der Waals surface area contributed by atoms with Crippen molar-refractivity contribution in [2.45, 2.75) is 58.8 Å². The summed E-state index contributed by atoms with van der Waals surface area (Å²) < 4.78 is 0. The van der Waals surface area contributed by atoms with Gasteiger partial charge in [-0.15, -0.1) is 0 Å². The first-order valence-corrected chi connectivity index (χ1v) is 8.25. The Morgan fingerprint density at radius 2 is 1.62 bits per heavy atom. The zero-order valence-corrected chi connectivity index (χ0v) is 13.5. The molecule has 2 nitrogen and oxygen atoms in total. The van der Waals surface area contributed by atoms with Gasteiger partial charge < -0.3 is 5.32 Å². The third-order valence-electron chi connectivity index (χ3n) is 3.58. The Balaban J connectivity index is 2.07. The molecule has 2 heteroatoms. The molecule has 0 fully saturated rings. The van der Waals surface area contributed by atoms with Gasteiger partial charge in [-0.2, -0.15) is 0 Å². The molecule has 0 unspecified atom stereocenters. The van der Waals surface area contributed by atoms with Crippen molar-refractivity contribution < 1.29 is 4.79 Å². The zero-order chi connectivity index (χ0) is 15.3. The number of amides is 1. The number of aryl methyl sites for hydroxylation is 1. The van der Waals surface area contributed by atoms with Crippen LogP contribution < -0.4 is 5.32 Å². The molecule has 0 aliphatic carbocycles. The molecular formula is C19H29NO. The lowest BCUT2D eigenvalue weighted by Gasteiger charge is -2.02. The average Bonchev–Trinajstić information content (AvgIpc) is 2.49. The number of nitrogens with one attached hydrogen (secondary N) is 1. The molecule has 1 N–H and O–H groups in total. The van der Waals surface area contributed by atoms with Crippen molar-refractivity contribution >= 4 is 12.0 Å². The molecule has 21 heavy (non-hydrogen) atoms. The van der Waals surface area contributed by atoms with Gasteiger partial charge in [-0.1, -0.05) is 75.3 Å². The molecule has 0 spiro atoms. The van der Waals surface area contributed by atoms with Crippen LogP contribution in [0, 0.1) is 6.92 Å². The van der Waals surface area contributed by atoms with Crippen molar-refractivity contribution in [1.82, 2.24) is 5.32 Å². The Kier molecular flexibility index (Phi) is 9.26. The average molecular weight is 287 g/mol. The highest BCUT2D eigenvalue weighted by Gasteiger charge is 1.95. The van der Waals surface area contributed by atoms with E-state index in [0.717, 1.165) is 18.5 Å². The van der Waals surface area contributed by atoms with E-state index >= 15 is 0 Å². The van der Waals surface area contributed by atoms with Gasteiger partial charge in [0.05, 0.1) is 0 Å². The largest absolute Gasteiger partial charge is 0.353 e. The summed E-state index contributed by atoms with van der Waals surface area (Å²) in [5.41, 5.74) is 2.29. The summed E-state index contributed by atoms with van der Waals surface area (Å²) in [6.07, 6.45) is 12.4. The van der Waals surface area contributed by atoms with E-state index in [2.05, 4.69) is 31.3 Å². The van der Waals surface area contributed by atoms with Crippen molar-refractivity contribution in [2.75, 3.05) is 6.54 Å². The summed E-state index contributed by atoms with van der Waals surface area (Å²) in [5.74, 6) is 0.00144. The Morgan fingerprint density at radius 1 is 1.00 bits per heavy atom. The second-order valence-electron chi connectivity index (χ2n) is 5.66. The molecule has 0 aromatic heterocycles. The molecule has 0 radical (unpaired) electrons. The zero-order valence-electron chi connectivity index (χ0n) is 13.5. The van der Waals surface area contributed by atoms with E-state index in [1.54, 1.807) is 6.08 Å². The first-order valence-electron chi connectivity index (χ1n) is 8.25. The molecule has 1 aromatic rings. The second-order valence-corrected chi connectivity index (χ2v) is 5.66. The molecule has 0 aliphatic rings. The van der Waals surface area contributed by atoms with E-state index in [1.807, 2.05) is 18.2 Å². The fraction of sp³-hybridized carbons (Fsp3) is 0.526. The highest BCUT2D eigenvalue weighted by atomic mass is 16.1. The Hall–Kier alpha value is -1.57. The van der Waals surface area contributed by atoms with Gasteiger partial charge in [0.25, 0.3) is 0 Å². The third kappa shape index (κ3) is 9.06. The molecule has 0 bridgehead atoms. The number of rotatable bonds is 10. The number of unbranched alkanes of at least 4 members (excludes halogenated alkanes) is 6. The predicted octanol–water partition coefficient (Wildman–Crippen LogP) is 4.88. The Bertz CT molecular complexity index is 420. The molecule has 0 heterocycles. The van der Waals surface area contributed by atoms with Gasteiger partial charge in [-0.05, 0) is 25.0 Å². The predicted molar refractivity (Wildman–Crippen MR) is 91.2 cm³/mol. The number of hydrogen-bond acceptors (Lipinski definition) is 1. The van der Waals surface area contributed by atoms with E-state index in [-0.39, 0.29) is 5.91 Å². The molecule has 116 valence electrons. The quantitative estimate of drug-likeness (QED) is 0.482. The smallest absolute Gasteiger partial charge is 0.243 e. The molecule has 0 saturated heterocycles. The SMILES string of the molecule is CCCCCCCCCNC(=O)C=Cc1ccc(C)cc1. The highest BCUT2D eigenvalue weighted by molar-refractivity contribution is 5.91. The minimum absolute atomic E-state index is 0.00144. The molecule has 0 atom stereocenters. The third-order valence-corrected chi connectivity index (χ3v) is 3.58. The van der Waals surface area contributed by atoms with E-state index in [0.29, 0.717) is 0 Å². The molecule has 1 rings (SSSR count). The normalized spacial score (nSPS) is 11.0. The second kappa shape index (κ2) is 11.1. The van der Waals surface area contributed by atoms with Crippen molar-refractivity contribution in [3.8, 4) is 0 Å². The summed E-state index contributed by atoms with van der Waals surface area (Å²) >= 11 is 0. The number of benzene rings is 1. The Morgan fingerprint density at radius 3 is 2.29 bits per heavy atom. The fourth-order valence-electron chi connectivity index (χ4n) is 2.20. The summed E-state index contributed by atoms with van der Waals surface area (Å²) in [7, 11) is 0. The van der Waals surface area contributed by atoms with Crippen molar-refractivity contribution in [1.29, 1.82) is 0 Å². The van der Waals surface area contributed by atoms with Gasteiger partial charge >= 0.3 is 0 Å². The summed E-state index contributed by atoms with van der Waals surface area (Å²) in [4.78, 5) is 11.7. The van der Waals surface area contributed by atoms with E-state index in [9.17, 15) is 4.79 Å². The summed E-state index contributed by atoms with van der Waals surface area (Å²) in [6, 6.07) is 8.15. The van der Waals surface area contributed by atoms with Crippen LogP contribution in [0.5, 0.6) is 0 Å². The van der Waals surface area contributed by atoms with Crippen LogP contribution in [-0.4, -0.2) is 12.5 Å². The lowest BCUT2D eigenvalue weighted by atomic mass is 10.1. The molecule has 0 aliphatic heterocycles. The maximum absolute atomic E-state index is 11.7. The van der Waals surface area contributed by atoms with Crippen LogP contribution in [0.15, 0.2) is 30.3 Å². The van der Waals surface area contributed by atoms with Gasteiger partial charge in [-0.3, -0.25) is 4.79 Å². The van der Waals surface area contributed by atoms with Crippen LogP contribution in [0.2, 0.25) is 0 Å². The lowest BCUT2D eigenvalue weighted by molar-refractivity contribution is -0.116. The minimum atomic E-state index is 0.00144. The number of hydrogen-bond donors (Lipinski definition) is 1. The van der Waals surface area contributed by atoms with Crippen molar-refractivity contribution in [3.63, 3.8) is 0 Å². The Labute approximate surface area is 129 Å². The standard InChI is InChI=1S/C19H29NO/c1-3-4-5-6-7-8-9-16-20-19(21)15-14-18-12-10-17(2)11-13-18/h10-15H,3-9,16H2,1-2H3,(H,20,21). The first-order chi connectivity index (χ1) is 10.2. The van der Waals surface area contributed by atoms with Crippen LogP contribution in [-0.2, 0) is 4.79 Å². The van der Waals surface area contributed by atoms with E-state index in [4.69, 9.17) is 0 Å². The van der Waals surface area contributed by atoms with Crippen LogP contribution in [0.3, 0.4) is 0 Å². The van der Waals surface area contributed by atoms with Crippen molar-refractivity contribution in [2.24, 2.45) is 0 Å². The van der Waals surface area contributed by atoms with Crippen LogP contribution in [0.25, 0.3) is 6.08 Å². The van der Waals surface area contributed by atoms with Gasteiger partial charge in [0.2, 0.25) is 5.91 Å². The minimum Gasteiger partial charge on any atom is -0.353 e.